The number of allylic oxidation sites excluding steroid dienone is 2. The first-order chi connectivity index (χ1) is 10.7. The molecule has 0 aromatic carbocycles. The van der Waals surface area contributed by atoms with Crippen LogP contribution >= 0.6 is 0 Å². The number of ketones is 1. The van der Waals surface area contributed by atoms with Crippen LogP contribution < -0.4 is 5.32 Å². The van der Waals surface area contributed by atoms with Gasteiger partial charge in [0.15, 0.2) is 5.78 Å². The summed E-state index contributed by atoms with van der Waals surface area (Å²) in [5, 5.41) is 2.78. The van der Waals surface area contributed by atoms with Crippen LogP contribution in [0.25, 0.3) is 0 Å². The molecular formula is C19H33NO2. The Balaban J connectivity index is 0. The Morgan fingerprint density at radius 3 is 2.50 bits per heavy atom. The van der Waals surface area contributed by atoms with Gasteiger partial charge in [-0.05, 0) is 38.2 Å². The van der Waals surface area contributed by atoms with Crippen molar-refractivity contribution in [3.63, 3.8) is 0 Å². The smallest absolute Gasteiger partial charge is 0.219 e. The molecule has 0 saturated carbocycles. The Labute approximate surface area is 136 Å². The molecular weight excluding hydrogens is 274 g/mol. The van der Waals surface area contributed by atoms with Crippen molar-refractivity contribution in [2.75, 3.05) is 6.54 Å². The van der Waals surface area contributed by atoms with Crippen molar-refractivity contribution in [2.45, 2.75) is 72.6 Å². The first-order valence-electron chi connectivity index (χ1n) is 8.56. The first-order valence-corrected chi connectivity index (χ1v) is 8.56. The van der Waals surface area contributed by atoms with Gasteiger partial charge >= 0.3 is 0 Å². The molecule has 0 radical (unpaired) electrons. The number of carbonyl (C=O) groups excluding carboxylic acids is 2. The molecule has 1 N–H and O–H groups in total. The van der Waals surface area contributed by atoms with E-state index in [0.29, 0.717) is 18.1 Å². The zero-order valence-corrected chi connectivity index (χ0v) is 14.8. The van der Waals surface area contributed by atoms with E-state index in [0.717, 1.165) is 45.1 Å². The summed E-state index contributed by atoms with van der Waals surface area (Å²) in [5.41, 5.74) is 0. The molecule has 1 rings (SSSR count). The third-order valence-corrected chi connectivity index (χ3v) is 3.25. The maximum absolute atomic E-state index is 10.9. The monoisotopic (exact) mass is 307 g/mol. The standard InChI is InChI=1S/C9H15NO.C8H12O.C2H6/c1-3-5-6-7-8-10-9(11)4-2;1-2-7-5-3-4-6-8(7)9;1-2/h1H,4-8H2,2H3,(H,10,11);4,6-7H,2-3,5H2,1H3;1-2H3. The van der Waals surface area contributed by atoms with E-state index < -0.39 is 0 Å². The van der Waals surface area contributed by atoms with Gasteiger partial charge < -0.3 is 5.32 Å². The first kappa shape index (κ1) is 22.7. The number of nitrogens with one attached hydrogen (secondary N) is 1. The lowest BCUT2D eigenvalue weighted by atomic mass is 9.91. The van der Waals surface area contributed by atoms with Crippen molar-refractivity contribution in [1.29, 1.82) is 0 Å². The lowest BCUT2D eigenvalue weighted by Crippen LogP contribution is -2.22. The SMILES string of the molecule is C#CCCCCNC(=O)CC.CC.CCC1CCC=CC1=O. The molecule has 0 spiro atoms. The van der Waals surface area contributed by atoms with Gasteiger partial charge in [0.2, 0.25) is 5.91 Å². The van der Waals surface area contributed by atoms with Crippen LogP contribution in [-0.4, -0.2) is 18.2 Å². The van der Waals surface area contributed by atoms with E-state index in [9.17, 15) is 9.59 Å². The topological polar surface area (TPSA) is 46.2 Å². The molecule has 0 saturated heterocycles. The van der Waals surface area contributed by atoms with Gasteiger partial charge in [-0.15, -0.1) is 12.3 Å². The lowest BCUT2D eigenvalue weighted by molar-refractivity contribution is -0.121. The number of carbonyl (C=O) groups is 2. The van der Waals surface area contributed by atoms with Gasteiger partial charge in [-0.3, -0.25) is 9.59 Å². The normalized spacial score (nSPS) is 15.6. The molecule has 22 heavy (non-hydrogen) atoms. The summed E-state index contributed by atoms with van der Waals surface area (Å²) in [6.07, 6.45) is 15.3. The second kappa shape index (κ2) is 17.5. The predicted molar refractivity (Wildman–Crippen MR) is 94.5 cm³/mol. The second-order valence-corrected chi connectivity index (χ2v) is 4.85. The van der Waals surface area contributed by atoms with Gasteiger partial charge in [-0.2, -0.15) is 0 Å². The molecule has 1 amide bonds. The quantitative estimate of drug-likeness (QED) is 0.588. The largest absolute Gasteiger partial charge is 0.356 e. The number of rotatable bonds is 6. The summed E-state index contributed by atoms with van der Waals surface area (Å²) in [7, 11) is 0. The van der Waals surface area contributed by atoms with Crippen molar-refractivity contribution < 1.29 is 9.59 Å². The number of unbranched alkanes of at least 4 members (excludes halogenated alkanes) is 2. The Kier molecular flexibility index (Phi) is 18.1. The Morgan fingerprint density at radius 2 is 2.05 bits per heavy atom. The van der Waals surface area contributed by atoms with E-state index in [1.807, 2.05) is 26.8 Å². The third kappa shape index (κ3) is 13.4. The maximum Gasteiger partial charge on any atom is 0.219 e. The van der Waals surface area contributed by atoms with Crippen LogP contribution in [0, 0.1) is 18.3 Å². The fourth-order valence-electron chi connectivity index (χ4n) is 1.89. The highest BCUT2D eigenvalue weighted by atomic mass is 16.1. The van der Waals surface area contributed by atoms with E-state index >= 15 is 0 Å². The molecule has 1 unspecified atom stereocenters. The number of terminal acetylenes is 1. The Morgan fingerprint density at radius 1 is 1.36 bits per heavy atom. The second-order valence-electron chi connectivity index (χ2n) is 4.85. The van der Waals surface area contributed by atoms with Gasteiger partial charge in [-0.25, -0.2) is 0 Å². The highest BCUT2D eigenvalue weighted by Crippen LogP contribution is 2.17. The average Bonchev–Trinajstić information content (AvgIpc) is 2.57. The molecule has 0 aromatic heterocycles. The Bertz CT molecular complexity index is 353. The lowest BCUT2D eigenvalue weighted by Gasteiger charge is -2.12. The fourth-order valence-corrected chi connectivity index (χ4v) is 1.89. The van der Waals surface area contributed by atoms with E-state index in [2.05, 4.69) is 18.2 Å². The molecule has 0 heterocycles. The van der Waals surface area contributed by atoms with Crippen molar-refractivity contribution in [3.05, 3.63) is 12.2 Å². The van der Waals surface area contributed by atoms with Crippen LogP contribution in [0.5, 0.6) is 0 Å². The molecule has 0 fully saturated rings. The molecule has 1 aliphatic carbocycles. The molecule has 1 aliphatic rings. The highest BCUT2D eigenvalue weighted by molar-refractivity contribution is 5.92. The van der Waals surface area contributed by atoms with Crippen LogP contribution in [0.3, 0.4) is 0 Å². The molecule has 3 nitrogen and oxygen atoms in total. The molecule has 0 bridgehead atoms. The van der Waals surface area contributed by atoms with Crippen LogP contribution in [-0.2, 0) is 9.59 Å². The van der Waals surface area contributed by atoms with Crippen LogP contribution in [0.15, 0.2) is 12.2 Å². The van der Waals surface area contributed by atoms with Crippen molar-refractivity contribution in [1.82, 2.24) is 5.32 Å². The van der Waals surface area contributed by atoms with E-state index in [4.69, 9.17) is 6.42 Å². The minimum Gasteiger partial charge on any atom is -0.356 e. The summed E-state index contributed by atoms with van der Waals surface area (Å²) >= 11 is 0. The molecule has 3 heteroatoms. The van der Waals surface area contributed by atoms with Crippen LogP contribution in [0.1, 0.15) is 72.6 Å². The van der Waals surface area contributed by atoms with Gasteiger partial charge in [-0.1, -0.05) is 33.8 Å². The number of hydrogen-bond donors (Lipinski definition) is 1. The summed E-state index contributed by atoms with van der Waals surface area (Å²) in [6.45, 7) is 8.67. The minimum atomic E-state index is 0.116. The number of hydrogen-bond acceptors (Lipinski definition) is 2. The summed E-state index contributed by atoms with van der Waals surface area (Å²) < 4.78 is 0. The van der Waals surface area contributed by atoms with Crippen molar-refractivity contribution >= 4 is 11.7 Å². The third-order valence-electron chi connectivity index (χ3n) is 3.25. The minimum absolute atomic E-state index is 0.116. The Hall–Kier alpha value is -1.56. The molecule has 0 aromatic rings. The van der Waals surface area contributed by atoms with Crippen molar-refractivity contribution in [3.8, 4) is 12.3 Å². The van der Waals surface area contributed by atoms with Gasteiger partial charge in [0.25, 0.3) is 0 Å². The zero-order chi connectivity index (χ0) is 17.2. The van der Waals surface area contributed by atoms with E-state index in [-0.39, 0.29) is 5.91 Å². The van der Waals surface area contributed by atoms with Gasteiger partial charge in [0.05, 0.1) is 0 Å². The highest BCUT2D eigenvalue weighted by Gasteiger charge is 2.15. The van der Waals surface area contributed by atoms with Crippen molar-refractivity contribution in [2.24, 2.45) is 5.92 Å². The number of amides is 1. The summed E-state index contributed by atoms with van der Waals surface area (Å²) in [4.78, 5) is 21.6. The summed E-state index contributed by atoms with van der Waals surface area (Å²) in [6, 6.07) is 0. The molecule has 1 atom stereocenters. The fraction of sp³-hybridized carbons (Fsp3) is 0.684. The van der Waals surface area contributed by atoms with E-state index in [1.165, 1.54) is 0 Å². The van der Waals surface area contributed by atoms with Crippen LogP contribution in [0.2, 0.25) is 0 Å². The summed E-state index contributed by atoms with van der Waals surface area (Å²) in [5.74, 6) is 3.33. The van der Waals surface area contributed by atoms with Crippen LogP contribution in [0.4, 0.5) is 0 Å². The molecule has 126 valence electrons. The predicted octanol–water partition coefficient (Wildman–Crippen LogP) is 4.27. The van der Waals surface area contributed by atoms with Gasteiger partial charge in [0, 0.05) is 25.3 Å². The zero-order valence-electron chi connectivity index (χ0n) is 14.8. The van der Waals surface area contributed by atoms with E-state index in [1.54, 1.807) is 6.08 Å². The van der Waals surface area contributed by atoms with Gasteiger partial charge in [0.1, 0.15) is 0 Å². The molecule has 0 aliphatic heterocycles. The maximum atomic E-state index is 10.9. The average molecular weight is 307 g/mol.